The molecule has 0 aromatic rings. The zero-order valence-corrected chi connectivity index (χ0v) is 8.81. The van der Waals surface area contributed by atoms with E-state index in [1.807, 2.05) is 40.7 Å². The molecule has 0 spiro atoms. The molecule has 0 bridgehead atoms. The molecule has 1 aliphatic rings. The molecule has 0 saturated carbocycles. The topological polar surface area (TPSA) is 24.4 Å². The predicted octanol–water partition coefficient (Wildman–Crippen LogP) is 2.07. The minimum Gasteiger partial charge on any atom is -0.307 e. The lowest BCUT2D eigenvalue weighted by atomic mass is 9.98. The third-order valence-corrected chi connectivity index (χ3v) is 0.960. The maximum absolute atomic E-state index is 5.34. The number of rotatable bonds is 0. The van der Waals surface area contributed by atoms with Gasteiger partial charge in [0, 0.05) is 5.61 Å². The Hall–Kier alpha value is -0.725. The quantitative estimate of drug-likeness (QED) is 0.547. The Kier molecular flexibility index (Phi) is 11.8. The van der Waals surface area contributed by atoms with Gasteiger partial charge >= 0.3 is 0 Å². The molecule has 1 rings (SSSR count). The Morgan fingerprint density at radius 2 is 1.83 bits per heavy atom. The van der Waals surface area contributed by atoms with Crippen molar-refractivity contribution in [2.75, 3.05) is 6.54 Å². The van der Waals surface area contributed by atoms with Crippen molar-refractivity contribution in [2.24, 2.45) is 5.10 Å². The van der Waals surface area contributed by atoms with Crippen molar-refractivity contribution in [3.63, 3.8) is 0 Å². The second-order valence-electron chi connectivity index (χ2n) is 1.86. The van der Waals surface area contributed by atoms with Gasteiger partial charge in [-0.25, -0.2) is 0 Å². The van der Waals surface area contributed by atoms with Crippen LogP contribution >= 0.6 is 0 Å². The van der Waals surface area contributed by atoms with Crippen molar-refractivity contribution in [3.05, 3.63) is 11.6 Å². The van der Waals surface area contributed by atoms with E-state index in [-0.39, 0.29) is 0 Å². The summed E-state index contributed by atoms with van der Waals surface area (Å²) in [6.45, 7) is 10.8. The van der Waals surface area contributed by atoms with Crippen molar-refractivity contribution in [1.82, 2.24) is 5.43 Å². The zero-order valence-electron chi connectivity index (χ0n) is 8.81. The largest absolute Gasteiger partial charge is 0.307 e. The summed E-state index contributed by atoms with van der Waals surface area (Å²) in [4.78, 5) is 0. The van der Waals surface area contributed by atoms with E-state index in [9.17, 15) is 0 Å². The Morgan fingerprint density at radius 3 is 2.08 bits per heavy atom. The number of hydrogen-bond donors (Lipinski definition) is 1. The average Bonchev–Trinajstić information content (AvgIpc) is 2.11. The van der Waals surface area contributed by atoms with Gasteiger partial charge in [-0.05, 0) is 13.0 Å². The summed E-state index contributed by atoms with van der Waals surface area (Å²) in [7, 11) is 5.34. The lowest BCUT2D eigenvalue weighted by molar-refractivity contribution is 0.791. The van der Waals surface area contributed by atoms with Crippen molar-refractivity contribution in [2.45, 2.75) is 34.6 Å². The highest BCUT2D eigenvalue weighted by molar-refractivity contribution is 6.63. The van der Waals surface area contributed by atoms with Crippen molar-refractivity contribution in [3.8, 4) is 0 Å². The highest BCUT2D eigenvalue weighted by atomic mass is 15.3. The van der Waals surface area contributed by atoms with Gasteiger partial charge in [-0.3, -0.25) is 0 Å². The van der Waals surface area contributed by atoms with Gasteiger partial charge < -0.3 is 5.43 Å². The van der Waals surface area contributed by atoms with Crippen LogP contribution in [0, 0.1) is 0 Å². The minimum atomic E-state index is 0.564. The molecule has 0 amide bonds. The second kappa shape index (κ2) is 10.3. The van der Waals surface area contributed by atoms with Gasteiger partial charge in [-0.1, -0.05) is 33.3 Å². The lowest BCUT2D eigenvalue weighted by Crippen LogP contribution is -2.17. The first-order chi connectivity index (χ1) is 5.79. The van der Waals surface area contributed by atoms with Gasteiger partial charge in [0.15, 0.2) is 0 Å². The van der Waals surface area contributed by atoms with E-state index < -0.39 is 0 Å². The van der Waals surface area contributed by atoms with Crippen molar-refractivity contribution < 1.29 is 0 Å². The van der Waals surface area contributed by atoms with Crippen LogP contribution in [0.5, 0.6) is 0 Å². The summed E-state index contributed by atoms with van der Waals surface area (Å²) in [5.74, 6) is 0. The van der Waals surface area contributed by atoms with E-state index in [0.717, 1.165) is 6.54 Å². The monoisotopic (exact) mass is 166 g/mol. The van der Waals surface area contributed by atoms with Gasteiger partial charge in [0.2, 0.25) is 0 Å². The number of nitrogens with zero attached hydrogens (tertiary/aromatic N) is 1. The fourth-order valence-corrected chi connectivity index (χ4v) is 0.591. The summed E-state index contributed by atoms with van der Waals surface area (Å²) in [5, 5.41) is 3.75. The molecule has 1 heterocycles. The molecule has 0 aliphatic carbocycles. The Balaban J connectivity index is 0. The first kappa shape index (κ1) is 13.8. The maximum Gasteiger partial charge on any atom is 0.144 e. The highest BCUT2D eigenvalue weighted by Crippen LogP contribution is 1.93. The molecule has 1 aliphatic heterocycles. The molecule has 1 N–H and O–H groups in total. The number of hydrogen-bond acceptors (Lipinski definition) is 2. The van der Waals surface area contributed by atoms with Crippen LogP contribution in [0.4, 0.5) is 0 Å². The molecule has 2 nitrogen and oxygen atoms in total. The molecule has 0 aromatic carbocycles. The van der Waals surface area contributed by atoms with E-state index in [0.29, 0.717) is 5.61 Å². The number of allylic oxidation sites excluding steroid dienone is 1. The fourth-order valence-electron chi connectivity index (χ4n) is 0.591. The summed E-state index contributed by atoms with van der Waals surface area (Å²) in [5.41, 5.74) is 4.56. The highest BCUT2D eigenvalue weighted by Gasteiger charge is 1.94. The molecular formula is C9H19BN2. The van der Waals surface area contributed by atoms with E-state index in [1.54, 1.807) is 0 Å². The average molecular weight is 166 g/mol. The van der Waals surface area contributed by atoms with Gasteiger partial charge in [0.1, 0.15) is 7.85 Å². The molecular weight excluding hydrogens is 147 g/mol. The van der Waals surface area contributed by atoms with Crippen LogP contribution in [0.2, 0.25) is 0 Å². The molecule has 0 fully saturated rings. The molecule has 0 unspecified atom stereocenters. The number of nitrogens with one attached hydrogen (secondary N) is 1. The third kappa shape index (κ3) is 7.38. The Morgan fingerprint density at radius 1 is 1.33 bits per heavy atom. The summed E-state index contributed by atoms with van der Waals surface area (Å²) >= 11 is 0. The molecule has 68 valence electrons. The van der Waals surface area contributed by atoms with Crippen LogP contribution in [0.1, 0.15) is 34.6 Å². The first-order valence-corrected chi connectivity index (χ1v) is 4.52. The van der Waals surface area contributed by atoms with Crippen LogP contribution in [0.25, 0.3) is 0 Å². The van der Waals surface area contributed by atoms with Crippen LogP contribution in [0.15, 0.2) is 16.8 Å². The van der Waals surface area contributed by atoms with Gasteiger partial charge in [-0.15, -0.1) is 0 Å². The normalized spacial score (nSPS) is 13.4. The molecule has 0 aromatic heterocycles. The lowest BCUT2D eigenvalue weighted by Gasteiger charge is -2.07. The minimum absolute atomic E-state index is 0.564. The molecule has 12 heavy (non-hydrogen) atoms. The SMILES string of the molecule is CC.CC.[B]C1=NNCC(C)=C1. The number of hydrazone groups is 1. The third-order valence-electron chi connectivity index (χ3n) is 0.960. The Labute approximate surface area is 77.5 Å². The first-order valence-electron chi connectivity index (χ1n) is 4.52. The second-order valence-corrected chi connectivity index (χ2v) is 1.86. The standard InChI is InChI=1S/C5H7BN2.2C2H6/c1-4-2-5(6)8-7-3-4;2*1-2/h2,7H,3H2,1H3;2*1-2H3. The van der Waals surface area contributed by atoms with Gasteiger partial charge in [-0.2, -0.15) is 5.10 Å². The molecule has 0 atom stereocenters. The summed E-state index contributed by atoms with van der Waals surface area (Å²) in [6, 6.07) is 0. The molecule has 2 radical (unpaired) electrons. The van der Waals surface area contributed by atoms with E-state index in [2.05, 4.69) is 10.5 Å². The molecule has 3 heteroatoms. The van der Waals surface area contributed by atoms with E-state index in [1.165, 1.54) is 5.57 Å². The smallest absolute Gasteiger partial charge is 0.144 e. The maximum atomic E-state index is 5.34. The summed E-state index contributed by atoms with van der Waals surface area (Å²) < 4.78 is 0. The van der Waals surface area contributed by atoms with Gasteiger partial charge in [0.25, 0.3) is 0 Å². The zero-order chi connectivity index (χ0) is 9.98. The van der Waals surface area contributed by atoms with E-state index in [4.69, 9.17) is 7.85 Å². The Bertz CT molecular complexity index is 151. The van der Waals surface area contributed by atoms with E-state index >= 15 is 0 Å². The van der Waals surface area contributed by atoms with Crippen molar-refractivity contribution >= 4 is 13.5 Å². The molecule has 0 saturated heterocycles. The van der Waals surface area contributed by atoms with Crippen LogP contribution in [-0.4, -0.2) is 20.0 Å². The fraction of sp³-hybridized carbons (Fsp3) is 0.667. The summed E-state index contributed by atoms with van der Waals surface area (Å²) in [6.07, 6.45) is 1.86. The van der Waals surface area contributed by atoms with Crippen LogP contribution < -0.4 is 5.43 Å². The van der Waals surface area contributed by atoms with Crippen molar-refractivity contribution in [1.29, 1.82) is 0 Å². The van der Waals surface area contributed by atoms with Crippen LogP contribution in [-0.2, 0) is 0 Å². The van der Waals surface area contributed by atoms with Crippen LogP contribution in [0.3, 0.4) is 0 Å². The van der Waals surface area contributed by atoms with Gasteiger partial charge in [0.05, 0.1) is 6.54 Å². The predicted molar refractivity (Wildman–Crippen MR) is 57.6 cm³/mol.